The van der Waals surface area contributed by atoms with Gasteiger partial charge in [-0.1, -0.05) is 29.5 Å². The number of likely N-dealkylation sites (N-methyl/N-ethyl adjacent to an activating group) is 1. The summed E-state index contributed by atoms with van der Waals surface area (Å²) < 4.78 is 5.70. The molecule has 112 valence electrons. The zero-order chi connectivity index (χ0) is 15.4. The van der Waals surface area contributed by atoms with E-state index in [4.69, 9.17) is 10.5 Å². The van der Waals surface area contributed by atoms with Gasteiger partial charge in [0.2, 0.25) is 0 Å². The second kappa shape index (κ2) is 6.58. The molecular formula is C15H19N3O2S. The van der Waals surface area contributed by atoms with Gasteiger partial charge in [-0.15, -0.1) is 0 Å². The lowest BCUT2D eigenvalue weighted by Gasteiger charge is -2.17. The van der Waals surface area contributed by atoms with Crippen LogP contribution in [0.3, 0.4) is 0 Å². The molecule has 0 saturated heterocycles. The van der Waals surface area contributed by atoms with Gasteiger partial charge in [-0.05, 0) is 25.5 Å². The number of carbonyl (C=O) groups excluding carboxylic acids is 1. The second-order valence-electron chi connectivity index (χ2n) is 4.81. The van der Waals surface area contributed by atoms with Gasteiger partial charge in [0, 0.05) is 7.05 Å². The van der Waals surface area contributed by atoms with E-state index in [1.807, 2.05) is 31.2 Å². The molecule has 5 nitrogen and oxygen atoms in total. The Morgan fingerprint density at radius 2 is 2.10 bits per heavy atom. The van der Waals surface area contributed by atoms with Crippen LogP contribution in [0.5, 0.6) is 5.75 Å². The molecule has 2 N–H and O–H groups in total. The van der Waals surface area contributed by atoms with Crippen molar-refractivity contribution in [2.24, 2.45) is 0 Å². The van der Waals surface area contributed by atoms with Crippen LogP contribution in [0, 0.1) is 13.8 Å². The lowest BCUT2D eigenvalue weighted by Crippen LogP contribution is -2.30. The molecule has 0 fully saturated rings. The van der Waals surface area contributed by atoms with Crippen molar-refractivity contribution in [3.8, 4) is 5.75 Å². The van der Waals surface area contributed by atoms with Gasteiger partial charge in [-0.25, -0.2) is 4.98 Å². The van der Waals surface area contributed by atoms with Crippen LogP contribution in [-0.2, 0) is 0 Å². The highest BCUT2D eigenvalue weighted by atomic mass is 32.1. The maximum absolute atomic E-state index is 12.3. The Balaban J connectivity index is 1.90. The van der Waals surface area contributed by atoms with Crippen molar-refractivity contribution >= 4 is 22.4 Å². The largest absolute Gasteiger partial charge is 0.491 e. The van der Waals surface area contributed by atoms with E-state index in [9.17, 15) is 4.79 Å². The van der Waals surface area contributed by atoms with Crippen LogP contribution in [0.1, 0.15) is 20.9 Å². The van der Waals surface area contributed by atoms with Crippen LogP contribution in [0.15, 0.2) is 24.3 Å². The van der Waals surface area contributed by atoms with Crippen molar-refractivity contribution in [2.45, 2.75) is 13.8 Å². The van der Waals surface area contributed by atoms with E-state index in [0.717, 1.165) is 11.3 Å². The van der Waals surface area contributed by atoms with Crippen molar-refractivity contribution in [1.29, 1.82) is 0 Å². The summed E-state index contributed by atoms with van der Waals surface area (Å²) in [4.78, 5) is 18.6. The Hall–Kier alpha value is -2.08. The number of ether oxygens (including phenoxy) is 1. The van der Waals surface area contributed by atoms with E-state index >= 15 is 0 Å². The van der Waals surface area contributed by atoms with Gasteiger partial charge in [0.25, 0.3) is 5.91 Å². The van der Waals surface area contributed by atoms with Gasteiger partial charge in [-0.2, -0.15) is 0 Å². The highest BCUT2D eigenvalue weighted by Gasteiger charge is 2.18. The van der Waals surface area contributed by atoms with E-state index in [2.05, 4.69) is 4.98 Å². The van der Waals surface area contributed by atoms with Gasteiger partial charge in [0.05, 0.1) is 12.2 Å². The molecule has 0 unspecified atom stereocenters. The fourth-order valence-corrected chi connectivity index (χ4v) is 2.73. The van der Waals surface area contributed by atoms with Crippen molar-refractivity contribution in [1.82, 2.24) is 9.88 Å². The number of benzene rings is 1. The number of amides is 1. The maximum Gasteiger partial charge on any atom is 0.265 e. The Labute approximate surface area is 128 Å². The minimum Gasteiger partial charge on any atom is -0.491 e. The molecule has 1 aromatic heterocycles. The third-order valence-corrected chi connectivity index (χ3v) is 4.11. The zero-order valence-corrected chi connectivity index (χ0v) is 13.2. The Kier molecular flexibility index (Phi) is 4.80. The van der Waals surface area contributed by atoms with Gasteiger partial charge in [-0.3, -0.25) is 4.79 Å². The van der Waals surface area contributed by atoms with E-state index in [-0.39, 0.29) is 5.91 Å². The number of carbonyl (C=O) groups is 1. The number of thiazole rings is 1. The van der Waals surface area contributed by atoms with E-state index in [0.29, 0.717) is 28.9 Å². The van der Waals surface area contributed by atoms with Crippen molar-refractivity contribution in [3.63, 3.8) is 0 Å². The number of nitrogen functional groups attached to an aromatic ring is 1. The van der Waals surface area contributed by atoms with Crippen LogP contribution in [-0.4, -0.2) is 36.0 Å². The molecule has 0 aliphatic rings. The molecule has 2 aromatic rings. The molecule has 0 radical (unpaired) electrons. The van der Waals surface area contributed by atoms with Crippen molar-refractivity contribution in [2.75, 3.05) is 25.9 Å². The summed E-state index contributed by atoms with van der Waals surface area (Å²) in [5.74, 6) is 0.770. The summed E-state index contributed by atoms with van der Waals surface area (Å²) in [6.45, 7) is 4.73. The maximum atomic E-state index is 12.3. The number of aromatic nitrogens is 1. The molecule has 0 bridgehead atoms. The Bertz CT molecular complexity index is 640. The summed E-state index contributed by atoms with van der Waals surface area (Å²) in [5.41, 5.74) is 7.38. The minimum atomic E-state index is -0.0740. The number of hydrogen-bond donors (Lipinski definition) is 1. The quantitative estimate of drug-likeness (QED) is 0.921. The van der Waals surface area contributed by atoms with Gasteiger partial charge < -0.3 is 15.4 Å². The normalized spacial score (nSPS) is 10.4. The van der Waals surface area contributed by atoms with Crippen LogP contribution in [0.25, 0.3) is 0 Å². The zero-order valence-electron chi connectivity index (χ0n) is 12.4. The third-order valence-electron chi connectivity index (χ3n) is 3.13. The molecular weight excluding hydrogens is 286 g/mol. The van der Waals surface area contributed by atoms with Crippen LogP contribution >= 0.6 is 11.3 Å². The number of rotatable bonds is 5. The first-order valence-corrected chi connectivity index (χ1v) is 7.47. The first kappa shape index (κ1) is 15.3. The molecule has 1 amide bonds. The molecule has 0 atom stereocenters. The summed E-state index contributed by atoms with van der Waals surface area (Å²) in [5, 5.41) is 0.417. The SMILES string of the molecule is Cc1ccccc1OCCN(C)C(=O)c1sc(N)nc1C. The molecule has 0 saturated carbocycles. The van der Waals surface area contributed by atoms with Gasteiger partial charge >= 0.3 is 0 Å². The average Bonchev–Trinajstić information content (AvgIpc) is 2.79. The minimum absolute atomic E-state index is 0.0740. The van der Waals surface area contributed by atoms with E-state index in [1.165, 1.54) is 11.3 Å². The second-order valence-corrected chi connectivity index (χ2v) is 5.84. The summed E-state index contributed by atoms with van der Waals surface area (Å²) >= 11 is 1.22. The highest BCUT2D eigenvalue weighted by molar-refractivity contribution is 7.17. The van der Waals surface area contributed by atoms with Crippen molar-refractivity contribution < 1.29 is 9.53 Å². The molecule has 1 heterocycles. The highest BCUT2D eigenvalue weighted by Crippen LogP contribution is 2.21. The van der Waals surface area contributed by atoms with Crippen molar-refractivity contribution in [3.05, 3.63) is 40.4 Å². The first-order chi connectivity index (χ1) is 9.99. The predicted octanol–water partition coefficient (Wildman–Crippen LogP) is 2.49. The first-order valence-electron chi connectivity index (χ1n) is 6.66. The lowest BCUT2D eigenvalue weighted by atomic mass is 10.2. The number of hydrogen-bond acceptors (Lipinski definition) is 5. The molecule has 0 aliphatic carbocycles. The number of nitrogens with two attached hydrogens (primary N) is 1. The summed E-state index contributed by atoms with van der Waals surface area (Å²) in [6.07, 6.45) is 0. The molecule has 2 rings (SSSR count). The van der Waals surface area contributed by atoms with Gasteiger partial charge in [0.15, 0.2) is 5.13 Å². The Morgan fingerprint density at radius 3 is 2.71 bits per heavy atom. The van der Waals surface area contributed by atoms with Crippen LogP contribution < -0.4 is 10.5 Å². The van der Waals surface area contributed by atoms with Gasteiger partial charge in [0.1, 0.15) is 17.2 Å². The standard InChI is InChI=1S/C15H19N3O2S/c1-10-6-4-5-7-12(10)20-9-8-18(3)14(19)13-11(2)17-15(16)21-13/h4-7H,8-9H2,1-3H3,(H2,16,17). The van der Waals surface area contributed by atoms with Crippen LogP contribution in [0.4, 0.5) is 5.13 Å². The number of nitrogens with zero attached hydrogens (tertiary/aromatic N) is 2. The number of aryl methyl sites for hydroxylation is 2. The molecule has 0 spiro atoms. The van der Waals surface area contributed by atoms with E-state index < -0.39 is 0 Å². The monoisotopic (exact) mass is 305 g/mol. The third kappa shape index (κ3) is 3.72. The van der Waals surface area contributed by atoms with E-state index in [1.54, 1.807) is 18.9 Å². The lowest BCUT2D eigenvalue weighted by molar-refractivity contribution is 0.0777. The summed E-state index contributed by atoms with van der Waals surface area (Å²) in [6, 6.07) is 7.81. The van der Waals surface area contributed by atoms with Crippen LogP contribution in [0.2, 0.25) is 0 Å². The Morgan fingerprint density at radius 1 is 1.38 bits per heavy atom. The average molecular weight is 305 g/mol. The predicted molar refractivity (Wildman–Crippen MR) is 84.9 cm³/mol. The topological polar surface area (TPSA) is 68.5 Å². The molecule has 1 aromatic carbocycles. The fraction of sp³-hybridized carbons (Fsp3) is 0.333. The molecule has 0 aliphatic heterocycles. The molecule has 6 heteroatoms. The fourth-order valence-electron chi connectivity index (χ4n) is 1.90. The molecule has 21 heavy (non-hydrogen) atoms. The number of para-hydroxylation sites is 1. The summed E-state index contributed by atoms with van der Waals surface area (Å²) in [7, 11) is 1.75. The number of anilines is 1. The smallest absolute Gasteiger partial charge is 0.265 e.